The molecule has 0 aromatic heterocycles. The molecule has 1 aromatic rings. The highest BCUT2D eigenvalue weighted by Gasteiger charge is 2.60. The third-order valence-corrected chi connectivity index (χ3v) is 5.85. The largest absolute Gasteiger partial charge is 0.342 e. The van der Waals surface area contributed by atoms with Crippen molar-refractivity contribution in [2.75, 3.05) is 13.1 Å². The number of nitrogens with two attached hydrogens (primary N) is 1. The van der Waals surface area contributed by atoms with Crippen LogP contribution >= 0.6 is 12.4 Å². The number of benzene rings is 1. The summed E-state index contributed by atoms with van der Waals surface area (Å²) in [5.41, 5.74) is 9.06. The average Bonchev–Trinajstić information content (AvgIpc) is 3.23. The fourth-order valence-electron chi connectivity index (χ4n) is 4.50. The van der Waals surface area contributed by atoms with Gasteiger partial charge in [-0.15, -0.1) is 12.4 Å². The lowest BCUT2D eigenvalue weighted by Gasteiger charge is -2.32. The Morgan fingerprint density at radius 3 is 2.73 bits per heavy atom. The second-order valence-electron chi connectivity index (χ2n) is 7.09. The number of hydrogen-bond donors (Lipinski definition) is 1. The lowest BCUT2D eigenvalue weighted by molar-refractivity contribution is -0.134. The number of amides is 1. The fraction of sp³-hybridized carbons (Fsp3) is 0.611. The molecule has 1 amide bonds. The van der Waals surface area contributed by atoms with Gasteiger partial charge in [0.05, 0.1) is 0 Å². The molecule has 2 aliphatic carbocycles. The van der Waals surface area contributed by atoms with Crippen molar-refractivity contribution in [3.8, 4) is 0 Å². The summed E-state index contributed by atoms with van der Waals surface area (Å²) in [7, 11) is 0. The first-order valence-corrected chi connectivity index (χ1v) is 8.33. The number of halogens is 1. The average molecular weight is 321 g/mol. The Kier molecular flexibility index (Phi) is 4.21. The van der Waals surface area contributed by atoms with Gasteiger partial charge in [-0.25, -0.2) is 0 Å². The number of carbonyl (C=O) groups excluding carboxylic acids is 1. The van der Waals surface area contributed by atoms with Crippen LogP contribution in [0.2, 0.25) is 0 Å². The van der Waals surface area contributed by atoms with Gasteiger partial charge in [0.2, 0.25) is 5.91 Å². The lowest BCUT2D eigenvalue weighted by atomic mass is 9.78. The Hall–Kier alpha value is -1.06. The Bertz CT molecular complexity index is 568. The number of rotatable bonds is 1. The van der Waals surface area contributed by atoms with E-state index in [-0.39, 0.29) is 29.8 Å². The van der Waals surface area contributed by atoms with Gasteiger partial charge in [0.25, 0.3) is 0 Å². The Labute approximate surface area is 138 Å². The molecule has 3 aliphatic rings. The minimum Gasteiger partial charge on any atom is -0.342 e. The summed E-state index contributed by atoms with van der Waals surface area (Å²) in [6.07, 6.45) is 6.58. The topological polar surface area (TPSA) is 46.3 Å². The minimum atomic E-state index is 0. The molecule has 2 N–H and O–H groups in total. The van der Waals surface area contributed by atoms with E-state index >= 15 is 0 Å². The standard InChI is InChI=1S/C18H24N2O.ClH/c19-14-7-10-20(11-8-14)17(21)16-12-18(16)9-3-5-13-4-1-2-6-15(13)18;/h1-2,4,6,14,16H,3,5,7-12,19H2;1H. The van der Waals surface area contributed by atoms with Gasteiger partial charge in [0, 0.05) is 30.5 Å². The summed E-state index contributed by atoms with van der Waals surface area (Å²) in [5, 5.41) is 0. The zero-order valence-electron chi connectivity index (χ0n) is 13.0. The van der Waals surface area contributed by atoms with Crippen LogP contribution in [0.15, 0.2) is 24.3 Å². The molecule has 1 saturated heterocycles. The van der Waals surface area contributed by atoms with Crippen LogP contribution in [0.3, 0.4) is 0 Å². The van der Waals surface area contributed by atoms with Crippen molar-refractivity contribution in [3.63, 3.8) is 0 Å². The zero-order chi connectivity index (χ0) is 14.4. The Morgan fingerprint density at radius 1 is 1.23 bits per heavy atom. The van der Waals surface area contributed by atoms with Crippen molar-refractivity contribution < 1.29 is 4.79 Å². The number of likely N-dealkylation sites (tertiary alicyclic amines) is 1. The molecule has 1 heterocycles. The molecular formula is C18H25ClN2O. The molecule has 1 saturated carbocycles. The van der Waals surface area contributed by atoms with E-state index in [2.05, 4.69) is 29.2 Å². The van der Waals surface area contributed by atoms with E-state index in [1.165, 1.54) is 30.4 Å². The van der Waals surface area contributed by atoms with Gasteiger partial charge in [0.1, 0.15) is 0 Å². The van der Waals surface area contributed by atoms with Crippen LogP contribution < -0.4 is 5.73 Å². The minimum absolute atomic E-state index is 0. The number of aryl methyl sites for hydroxylation is 1. The third-order valence-electron chi connectivity index (χ3n) is 5.85. The molecule has 1 aliphatic heterocycles. The monoisotopic (exact) mass is 320 g/mol. The third kappa shape index (κ3) is 2.44. The Morgan fingerprint density at radius 2 is 1.95 bits per heavy atom. The molecule has 3 nitrogen and oxygen atoms in total. The van der Waals surface area contributed by atoms with Gasteiger partial charge in [-0.1, -0.05) is 24.3 Å². The van der Waals surface area contributed by atoms with E-state index in [4.69, 9.17) is 5.73 Å². The van der Waals surface area contributed by atoms with Gasteiger partial charge < -0.3 is 10.6 Å². The van der Waals surface area contributed by atoms with E-state index < -0.39 is 0 Å². The molecule has 2 atom stereocenters. The first-order valence-electron chi connectivity index (χ1n) is 8.33. The maximum absolute atomic E-state index is 12.8. The summed E-state index contributed by atoms with van der Waals surface area (Å²) in [4.78, 5) is 14.9. The molecule has 4 heteroatoms. The molecule has 0 radical (unpaired) electrons. The van der Waals surface area contributed by atoms with Gasteiger partial charge in [0.15, 0.2) is 0 Å². The number of carbonyl (C=O) groups is 1. The Balaban J connectivity index is 0.00000144. The molecular weight excluding hydrogens is 296 g/mol. The highest BCUT2D eigenvalue weighted by molar-refractivity contribution is 5.85. The summed E-state index contributed by atoms with van der Waals surface area (Å²) >= 11 is 0. The van der Waals surface area contributed by atoms with Crippen molar-refractivity contribution in [2.24, 2.45) is 11.7 Å². The van der Waals surface area contributed by atoms with Crippen LogP contribution in [-0.2, 0) is 16.6 Å². The SMILES string of the molecule is Cl.NC1CCN(C(=O)C2CC23CCCc2ccccc23)CC1. The van der Waals surface area contributed by atoms with Crippen LogP contribution in [0, 0.1) is 5.92 Å². The summed E-state index contributed by atoms with van der Waals surface area (Å²) in [6, 6.07) is 9.05. The molecule has 2 unspecified atom stereocenters. The summed E-state index contributed by atoms with van der Waals surface area (Å²) in [5.74, 6) is 0.617. The van der Waals surface area contributed by atoms with Crippen LogP contribution in [0.4, 0.5) is 0 Å². The van der Waals surface area contributed by atoms with Crippen LogP contribution in [0.25, 0.3) is 0 Å². The van der Waals surface area contributed by atoms with Crippen LogP contribution in [-0.4, -0.2) is 29.9 Å². The molecule has 0 bridgehead atoms. The predicted octanol–water partition coefficient (Wildman–Crippen LogP) is 2.65. The molecule has 4 rings (SSSR count). The van der Waals surface area contributed by atoms with Gasteiger partial charge in [-0.2, -0.15) is 0 Å². The van der Waals surface area contributed by atoms with E-state index in [9.17, 15) is 4.79 Å². The highest BCUT2D eigenvalue weighted by Crippen LogP contribution is 2.60. The van der Waals surface area contributed by atoms with Crippen LogP contribution in [0.5, 0.6) is 0 Å². The van der Waals surface area contributed by atoms with Crippen LogP contribution in [0.1, 0.15) is 43.2 Å². The van der Waals surface area contributed by atoms with Crippen molar-refractivity contribution in [2.45, 2.75) is 50.0 Å². The quantitative estimate of drug-likeness (QED) is 0.864. The van der Waals surface area contributed by atoms with Crippen molar-refractivity contribution in [1.82, 2.24) is 4.90 Å². The van der Waals surface area contributed by atoms with E-state index in [1.54, 1.807) is 0 Å². The van der Waals surface area contributed by atoms with Crippen molar-refractivity contribution in [3.05, 3.63) is 35.4 Å². The number of piperidine rings is 1. The maximum atomic E-state index is 12.8. The molecule has 120 valence electrons. The number of hydrogen-bond acceptors (Lipinski definition) is 2. The smallest absolute Gasteiger partial charge is 0.226 e. The second-order valence-corrected chi connectivity index (χ2v) is 7.09. The highest BCUT2D eigenvalue weighted by atomic mass is 35.5. The first kappa shape index (κ1) is 15.8. The number of nitrogens with zero attached hydrogens (tertiary/aromatic N) is 1. The molecule has 1 spiro atoms. The zero-order valence-corrected chi connectivity index (χ0v) is 13.8. The van der Waals surface area contributed by atoms with Gasteiger partial charge >= 0.3 is 0 Å². The molecule has 1 aromatic carbocycles. The molecule has 22 heavy (non-hydrogen) atoms. The normalized spacial score (nSPS) is 30.6. The van der Waals surface area contributed by atoms with E-state index in [0.717, 1.165) is 32.4 Å². The predicted molar refractivity (Wildman–Crippen MR) is 90.2 cm³/mol. The lowest BCUT2D eigenvalue weighted by Crippen LogP contribution is -2.44. The summed E-state index contributed by atoms with van der Waals surface area (Å²) < 4.78 is 0. The van der Waals surface area contributed by atoms with Gasteiger partial charge in [-0.05, 0) is 49.7 Å². The van der Waals surface area contributed by atoms with E-state index in [0.29, 0.717) is 5.91 Å². The maximum Gasteiger partial charge on any atom is 0.226 e. The first-order chi connectivity index (χ1) is 10.2. The van der Waals surface area contributed by atoms with Crippen molar-refractivity contribution >= 4 is 18.3 Å². The van der Waals surface area contributed by atoms with Gasteiger partial charge in [-0.3, -0.25) is 4.79 Å². The van der Waals surface area contributed by atoms with E-state index in [1.807, 2.05) is 0 Å². The van der Waals surface area contributed by atoms with Crippen molar-refractivity contribution in [1.29, 1.82) is 0 Å². The summed E-state index contributed by atoms with van der Waals surface area (Å²) in [6.45, 7) is 1.71. The number of fused-ring (bicyclic) bond motifs is 2. The fourth-order valence-corrected chi connectivity index (χ4v) is 4.50. The molecule has 2 fully saturated rings. The second kappa shape index (κ2) is 5.86.